The summed E-state index contributed by atoms with van der Waals surface area (Å²) in [5, 5.41) is -0.143. The molecular weight excluding hydrogens is 613 g/mol. The van der Waals surface area contributed by atoms with Crippen LogP contribution in [0.5, 0.6) is 0 Å². The Labute approximate surface area is 250 Å². The Bertz CT molecular complexity index is 1530. The molecule has 5 rings (SSSR count). The fourth-order valence-electron chi connectivity index (χ4n) is 5.99. The molecule has 42 heavy (non-hydrogen) atoms. The average Bonchev–Trinajstić information content (AvgIpc) is 2.98. The molecule has 2 aliphatic rings. The lowest BCUT2D eigenvalue weighted by atomic mass is 9.85. The number of hydrogen-bond donors (Lipinski definition) is 2. The standard InChI is InChI=1S/C31H34BrF3N4O3/c1-3-42-37-26(20-7-9-22(32)10-8-20)21-11-15-39(16-12-21)30(2)13-17-38(18-14-30)29(41)24-19-36-27-23(28(24)40)5-4-6-25(27)31(33,34)35/h4-10,19,37H,3,11-18H2,1-2H3,(H,36,40). The van der Waals surface area contributed by atoms with Crippen molar-refractivity contribution in [3.63, 3.8) is 0 Å². The van der Waals surface area contributed by atoms with Gasteiger partial charge in [-0.2, -0.15) is 13.2 Å². The minimum Gasteiger partial charge on any atom is -0.360 e. The number of amides is 1. The van der Waals surface area contributed by atoms with Gasteiger partial charge in [0.15, 0.2) is 0 Å². The number of rotatable bonds is 6. The first-order chi connectivity index (χ1) is 20.0. The molecule has 0 radical (unpaired) electrons. The van der Waals surface area contributed by atoms with Crippen molar-refractivity contribution in [3.8, 4) is 0 Å². The molecule has 2 aromatic carbocycles. The second-order valence-corrected chi connectivity index (χ2v) is 12.0. The van der Waals surface area contributed by atoms with Crippen LogP contribution in [0.2, 0.25) is 0 Å². The Balaban J connectivity index is 1.26. The first-order valence-electron chi connectivity index (χ1n) is 14.1. The number of para-hydroxylation sites is 1. The van der Waals surface area contributed by atoms with Gasteiger partial charge in [-0.1, -0.05) is 34.1 Å². The predicted octanol–water partition coefficient (Wildman–Crippen LogP) is 6.35. The molecule has 1 amide bonds. The minimum atomic E-state index is -4.61. The number of carbonyl (C=O) groups is 1. The van der Waals surface area contributed by atoms with Crippen molar-refractivity contribution >= 4 is 38.4 Å². The number of hydrogen-bond acceptors (Lipinski definition) is 5. The maximum atomic E-state index is 13.4. The van der Waals surface area contributed by atoms with E-state index in [9.17, 15) is 22.8 Å². The molecule has 2 N–H and O–H groups in total. The number of likely N-dealkylation sites (tertiary alicyclic amines) is 2. The van der Waals surface area contributed by atoms with Crippen molar-refractivity contribution in [1.82, 2.24) is 20.3 Å². The van der Waals surface area contributed by atoms with Crippen LogP contribution in [0.3, 0.4) is 0 Å². The molecule has 2 saturated heterocycles. The zero-order chi connectivity index (χ0) is 30.1. The lowest BCUT2D eigenvalue weighted by molar-refractivity contribution is -0.136. The Kier molecular flexibility index (Phi) is 8.82. The Morgan fingerprint density at radius 3 is 2.36 bits per heavy atom. The fourth-order valence-corrected chi connectivity index (χ4v) is 6.25. The van der Waals surface area contributed by atoms with E-state index in [0.717, 1.165) is 66.8 Å². The molecule has 0 spiro atoms. The quantitative estimate of drug-likeness (QED) is 0.305. The van der Waals surface area contributed by atoms with Crippen molar-refractivity contribution in [2.24, 2.45) is 0 Å². The highest BCUT2D eigenvalue weighted by molar-refractivity contribution is 9.10. The van der Waals surface area contributed by atoms with Gasteiger partial charge < -0.3 is 9.88 Å². The van der Waals surface area contributed by atoms with Crippen LogP contribution in [0.15, 0.2) is 63.5 Å². The van der Waals surface area contributed by atoms with E-state index in [0.29, 0.717) is 19.7 Å². The molecule has 1 aromatic heterocycles. The molecule has 2 fully saturated rings. The Morgan fingerprint density at radius 1 is 1.07 bits per heavy atom. The molecule has 0 aliphatic carbocycles. The number of benzene rings is 2. The summed E-state index contributed by atoms with van der Waals surface area (Å²) in [5.74, 6) is -0.456. The number of nitrogens with zero attached hydrogens (tertiary/aromatic N) is 2. The van der Waals surface area contributed by atoms with E-state index in [-0.39, 0.29) is 22.0 Å². The SMILES string of the molecule is CCONC(=C1CCN(C2(C)CCN(C(=O)c3c[nH]c4c(C(F)(F)F)cccc4c3=O)CC2)CC1)c1ccc(Br)cc1. The van der Waals surface area contributed by atoms with Crippen LogP contribution in [0, 0.1) is 0 Å². The number of hydroxylamine groups is 1. The van der Waals surface area contributed by atoms with Crippen LogP contribution in [0.1, 0.15) is 61.0 Å². The van der Waals surface area contributed by atoms with Crippen LogP contribution >= 0.6 is 15.9 Å². The van der Waals surface area contributed by atoms with Crippen molar-refractivity contribution < 1.29 is 22.8 Å². The number of H-pyrrole nitrogens is 1. The molecule has 0 atom stereocenters. The van der Waals surface area contributed by atoms with Gasteiger partial charge in [0.25, 0.3) is 5.91 Å². The molecule has 3 aromatic rings. The van der Waals surface area contributed by atoms with Crippen molar-refractivity contribution in [1.29, 1.82) is 0 Å². The largest absolute Gasteiger partial charge is 0.418 e. The lowest BCUT2D eigenvalue weighted by Crippen LogP contribution is -2.56. The molecule has 0 saturated carbocycles. The topological polar surface area (TPSA) is 77.7 Å². The number of halogens is 4. The zero-order valence-corrected chi connectivity index (χ0v) is 25.2. The van der Waals surface area contributed by atoms with Gasteiger partial charge in [-0.25, -0.2) is 0 Å². The second-order valence-electron chi connectivity index (χ2n) is 11.1. The molecule has 2 aliphatic heterocycles. The van der Waals surface area contributed by atoms with Crippen LogP contribution < -0.4 is 10.9 Å². The smallest absolute Gasteiger partial charge is 0.360 e. The molecule has 11 heteroatoms. The van der Waals surface area contributed by atoms with Gasteiger partial charge in [-0.05, 0) is 74.9 Å². The number of alkyl halides is 3. The van der Waals surface area contributed by atoms with Gasteiger partial charge in [0.2, 0.25) is 5.43 Å². The summed E-state index contributed by atoms with van der Waals surface area (Å²) in [5.41, 5.74) is 4.38. The third-order valence-electron chi connectivity index (χ3n) is 8.51. The van der Waals surface area contributed by atoms with Crippen molar-refractivity contribution in [2.75, 3.05) is 32.8 Å². The summed E-state index contributed by atoms with van der Waals surface area (Å²) >= 11 is 3.50. The van der Waals surface area contributed by atoms with Gasteiger partial charge >= 0.3 is 6.18 Å². The summed E-state index contributed by atoms with van der Waals surface area (Å²) in [6.07, 6.45) is -0.257. The van der Waals surface area contributed by atoms with Crippen LogP contribution in [-0.2, 0) is 11.0 Å². The number of aromatic nitrogens is 1. The molecule has 224 valence electrons. The van der Waals surface area contributed by atoms with Crippen LogP contribution in [0.25, 0.3) is 16.6 Å². The summed E-state index contributed by atoms with van der Waals surface area (Å²) in [6.45, 7) is 7.39. The molecule has 3 heterocycles. The van der Waals surface area contributed by atoms with E-state index < -0.39 is 23.1 Å². The van der Waals surface area contributed by atoms with E-state index in [1.807, 2.05) is 19.1 Å². The first-order valence-corrected chi connectivity index (χ1v) is 14.9. The van der Waals surface area contributed by atoms with Gasteiger partial charge in [0, 0.05) is 47.8 Å². The van der Waals surface area contributed by atoms with Crippen molar-refractivity contribution in [3.05, 3.63) is 85.6 Å². The van der Waals surface area contributed by atoms with E-state index in [1.165, 1.54) is 17.7 Å². The average molecular weight is 648 g/mol. The highest BCUT2D eigenvalue weighted by Gasteiger charge is 2.39. The summed E-state index contributed by atoms with van der Waals surface area (Å²) < 4.78 is 41.3. The number of pyridine rings is 1. The number of aromatic amines is 1. The third-order valence-corrected chi connectivity index (χ3v) is 9.04. The number of carbonyl (C=O) groups excluding carboxylic acids is 1. The number of nitrogens with one attached hydrogen (secondary N) is 2. The van der Waals surface area contributed by atoms with E-state index in [4.69, 9.17) is 4.84 Å². The molecule has 7 nitrogen and oxygen atoms in total. The van der Waals surface area contributed by atoms with Crippen LogP contribution in [-0.4, -0.2) is 59.0 Å². The maximum Gasteiger partial charge on any atom is 0.418 e. The zero-order valence-electron chi connectivity index (χ0n) is 23.6. The predicted molar refractivity (Wildman–Crippen MR) is 160 cm³/mol. The Hall–Kier alpha value is -3.15. The van der Waals surface area contributed by atoms with Crippen molar-refractivity contribution in [2.45, 2.75) is 51.2 Å². The number of piperidine rings is 2. The van der Waals surface area contributed by atoms with Gasteiger partial charge in [-0.15, -0.1) is 0 Å². The third kappa shape index (κ3) is 6.14. The highest BCUT2D eigenvalue weighted by Crippen LogP contribution is 2.35. The first kappa shape index (κ1) is 30.3. The molecule has 0 bridgehead atoms. The second kappa shape index (κ2) is 12.2. The minimum absolute atomic E-state index is 0.106. The molecule has 0 unspecified atom stereocenters. The van der Waals surface area contributed by atoms with E-state index in [1.54, 1.807) is 4.90 Å². The van der Waals surface area contributed by atoms with Gasteiger partial charge in [0.1, 0.15) is 5.56 Å². The number of fused-ring (bicyclic) bond motifs is 1. The van der Waals surface area contributed by atoms with E-state index in [2.05, 4.69) is 50.4 Å². The monoisotopic (exact) mass is 646 g/mol. The Morgan fingerprint density at radius 2 is 1.74 bits per heavy atom. The fraction of sp³-hybridized carbons (Fsp3) is 0.419. The van der Waals surface area contributed by atoms with E-state index >= 15 is 0 Å². The summed E-state index contributed by atoms with van der Waals surface area (Å²) in [7, 11) is 0. The lowest BCUT2D eigenvalue weighted by Gasteiger charge is -2.48. The highest BCUT2D eigenvalue weighted by atomic mass is 79.9. The molecular formula is C31H34BrF3N4O3. The van der Waals surface area contributed by atoms with Crippen LogP contribution in [0.4, 0.5) is 13.2 Å². The normalized spacial score (nSPS) is 17.9. The van der Waals surface area contributed by atoms with Gasteiger partial charge in [0.05, 0.1) is 23.4 Å². The summed E-state index contributed by atoms with van der Waals surface area (Å²) in [4.78, 5) is 38.7. The summed E-state index contributed by atoms with van der Waals surface area (Å²) in [6, 6.07) is 11.6. The van der Waals surface area contributed by atoms with Gasteiger partial charge in [-0.3, -0.25) is 24.8 Å². The maximum absolute atomic E-state index is 13.4.